The maximum absolute atomic E-state index is 6.79. The van der Waals surface area contributed by atoms with Gasteiger partial charge in [0.05, 0.1) is 18.3 Å². The first kappa shape index (κ1) is 18.2. The Kier molecular flexibility index (Phi) is 5.54. The van der Waals surface area contributed by atoms with Crippen LogP contribution in [0.4, 0.5) is 0 Å². The van der Waals surface area contributed by atoms with Gasteiger partial charge in [-0.1, -0.05) is 41.0 Å². The Morgan fingerprint density at radius 2 is 1.85 bits per heavy atom. The summed E-state index contributed by atoms with van der Waals surface area (Å²) in [6.45, 7) is 21.6. The van der Waals surface area contributed by atoms with Crippen LogP contribution in [-0.2, 0) is 9.16 Å². The van der Waals surface area contributed by atoms with Crippen LogP contribution < -0.4 is 0 Å². The summed E-state index contributed by atoms with van der Waals surface area (Å²) in [6, 6.07) is 0. The lowest BCUT2D eigenvalue weighted by Crippen LogP contribution is -2.48. The lowest BCUT2D eigenvalue weighted by atomic mass is 9.86. The predicted octanol–water partition coefficient (Wildman–Crippen LogP) is 5.24. The Balaban J connectivity index is 2.87. The van der Waals surface area contributed by atoms with E-state index < -0.39 is 8.32 Å². The van der Waals surface area contributed by atoms with Crippen LogP contribution in [0.5, 0.6) is 0 Å². The number of rotatable bonds is 5. The molecule has 0 aromatic carbocycles. The Hall–Kier alpha value is 0.137. The minimum absolute atomic E-state index is 0.0210. The first-order valence-electron chi connectivity index (χ1n) is 8.21. The fourth-order valence-electron chi connectivity index (χ4n) is 2.72. The molecule has 0 aliphatic carbocycles. The Morgan fingerprint density at radius 3 is 2.20 bits per heavy atom. The molecule has 120 valence electrons. The van der Waals surface area contributed by atoms with Crippen LogP contribution >= 0.6 is 0 Å². The summed E-state index contributed by atoms with van der Waals surface area (Å²) in [6.07, 6.45) is 2.65. The molecule has 1 fully saturated rings. The van der Waals surface area contributed by atoms with Gasteiger partial charge in [0.15, 0.2) is 8.32 Å². The highest BCUT2D eigenvalue weighted by Crippen LogP contribution is 2.42. The van der Waals surface area contributed by atoms with Crippen molar-refractivity contribution in [2.75, 3.05) is 6.61 Å². The van der Waals surface area contributed by atoms with Gasteiger partial charge in [-0.25, -0.2) is 0 Å². The molecule has 1 rings (SSSR count). The summed E-state index contributed by atoms with van der Waals surface area (Å²) < 4.78 is 12.8. The second-order valence-corrected chi connectivity index (χ2v) is 13.5. The van der Waals surface area contributed by atoms with Crippen LogP contribution in [0.25, 0.3) is 0 Å². The van der Waals surface area contributed by atoms with E-state index in [9.17, 15) is 0 Å². The van der Waals surface area contributed by atoms with E-state index in [1.807, 2.05) is 0 Å². The van der Waals surface area contributed by atoms with Gasteiger partial charge < -0.3 is 9.16 Å². The lowest BCUT2D eigenvalue weighted by molar-refractivity contribution is 0.0248. The minimum Gasteiger partial charge on any atom is -0.413 e. The van der Waals surface area contributed by atoms with Crippen molar-refractivity contribution in [2.45, 2.75) is 91.1 Å². The van der Waals surface area contributed by atoms with Gasteiger partial charge >= 0.3 is 0 Å². The van der Waals surface area contributed by atoms with E-state index >= 15 is 0 Å². The van der Waals surface area contributed by atoms with E-state index in [-0.39, 0.29) is 10.6 Å². The topological polar surface area (TPSA) is 18.5 Å². The van der Waals surface area contributed by atoms with Gasteiger partial charge in [-0.3, -0.25) is 0 Å². The van der Waals surface area contributed by atoms with Crippen LogP contribution in [0.15, 0.2) is 0 Å². The smallest absolute Gasteiger partial charge is 0.192 e. The van der Waals surface area contributed by atoms with Crippen LogP contribution in [0.2, 0.25) is 18.1 Å². The zero-order valence-corrected chi connectivity index (χ0v) is 16.2. The molecule has 0 radical (unpaired) electrons. The second kappa shape index (κ2) is 6.10. The van der Waals surface area contributed by atoms with Crippen LogP contribution in [0, 0.1) is 11.8 Å². The third-order valence-electron chi connectivity index (χ3n) is 5.35. The summed E-state index contributed by atoms with van der Waals surface area (Å²) in [7, 11) is -1.72. The molecule has 0 unspecified atom stereocenters. The fraction of sp³-hybridized carbons (Fsp3) is 1.00. The van der Waals surface area contributed by atoms with Gasteiger partial charge in [-0.15, -0.1) is 0 Å². The molecule has 0 N–H and O–H groups in total. The maximum atomic E-state index is 6.79. The van der Waals surface area contributed by atoms with Crippen molar-refractivity contribution in [2.24, 2.45) is 11.8 Å². The molecular weight excluding hydrogens is 264 g/mol. The average Bonchev–Trinajstić information content (AvgIpc) is 2.64. The number of hydrogen-bond donors (Lipinski definition) is 0. The van der Waals surface area contributed by atoms with Crippen molar-refractivity contribution < 1.29 is 9.16 Å². The molecule has 0 aromatic rings. The molecule has 0 amide bonds. The molecule has 3 atom stereocenters. The molecule has 0 saturated carbocycles. The standard InChI is InChI=1S/C17H36O2Si/c1-10-13(2)15(14-11-17(6,7)18-12-14)19-20(8,9)16(3,4)5/h13-15H,10-12H2,1-9H3/t13-,14+,15+/m0/s1. The van der Waals surface area contributed by atoms with E-state index in [0.717, 1.165) is 13.0 Å². The number of hydrogen-bond acceptors (Lipinski definition) is 2. The van der Waals surface area contributed by atoms with E-state index in [1.165, 1.54) is 6.42 Å². The first-order valence-corrected chi connectivity index (χ1v) is 11.1. The molecule has 3 heteroatoms. The molecule has 1 aliphatic rings. The molecule has 2 nitrogen and oxygen atoms in total. The Bertz CT molecular complexity index is 317. The largest absolute Gasteiger partial charge is 0.413 e. The van der Waals surface area contributed by atoms with Crippen LogP contribution in [-0.4, -0.2) is 26.6 Å². The third kappa shape index (κ3) is 4.31. The molecule has 20 heavy (non-hydrogen) atoms. The monoisotopic (exact) mass is 300 g/mol. The lowest BCUT2D eigenvalue weighted by Gasteiger charge is -2.42. The van der Waals surface area contributed by atoms with Gasteiger partial charge in [0.25, 0.3) is 0 Å². The summed E-state index contributed by atoms with van der Waals surface area (Å²) >= 11 is 0. The van der Waals surface area contributed by atoms with Gasteiger partial charge in [-0.2, -0.15) is 0 Å². The van der Waals surface area contributed by atoms with Gasteiger partial charge in [-0.05, 0) is 44.3 Å². The van der Waals surface area contributed by atoms with Crippen LogP contribution in [0.3, 0.4) is 0 Å². The maximum Gasteiger partial charge on any atom is 0.192 e. The number of ether oxygens (including phenoxy) is 1. The quantitative estimate of drug-likeness (QED) is 0.647. The van der Waals surface area contributed by atoms with Crippen molar-refractivity contribution in [3.05, 3.63) is 0 Å². The zero-order chi connectivity index (χ0) is 15.8. The Labute approximate surface area is 127 Å². The average molecular weight is 301 g/mol. The molecule has 1 saturated heterocycles. The van der Waals surface area contributed by atoms with Crippen molar-refractivity contribution in [1.29, 1.82) is 0 Å². The minimum atomic E-state index is -1.72. The highest BCUT2D eigenvalue weighted by atomic mass is 28.4. The summed E-state index contributed by atoms with van der Waals surface area (Å²) in [5.74, 6) is 1.15. The molecule has 0 spiro atoms. The van der Waals surface area contributed by atoms with Gasteiger partial charge in [0.2, 0.25) is 0 Å². The van der Waals surface area contributed by atoms with E-state index in [4.69, 9.17) is 9.16 Å². The van der Waals surface area contributed by atoms with Crippen molar-refractivity contribution in [3.8, 4) is 0 Å². The van der Waals surface area contributed by atoms with Crippen molar-refractivity contribution >= 4 is 8.32 Å². The first-order chi connectivity index (χ1) is 8.89. The van der Waals surface area contributed by atoms with Crippen LogP contribution in [0.1, 0.15) is 61.3 Å². The summed E-state index contributed by atoms with van der Waals surface area (Å²) in [4.78, 5) is 0. The van der Waals surface area contributed by atoms with E-state index in [0.29, 0.717) is 17.9 Å². The molecular formula is C17H36O2Si. The summed E-state index contributed by atoms with van der Waals surface area (Å²) in [5, 5.41) is 0.272. The van der Waals surface area contributed by atoms with Gasteiger partial charge in [0.1, 0.15) is 0 Å². The summed E-state index contributed by atoms with van der Waals surface area (Å²) in [5.41, 5.74) is 0.0210. The zero-order valence-electron chi connectivity index (χ0n) is 15.2. The van der Waals surface area contributed by atoms with Gasteiger partial charge in [0, 0.05) is 5.92 Å². The van der Waals surface area contributed by atoms with Crippen molar-refractivity contribution in [1.82, 2.24) is 0 Å². The van der Waals surface area contributed by atoms with Crippen molar-refractivity contribution in [3.63, 3.8) is 0 Å². The SMILES string of the molecule is CC[C@H](C)[C@@H](O[Si](C)(C)C(C)(C)C)[C@H]1COC(C)(C)C1. The highest BCUT2D eigenvalue weighted by molar-refractivity contribution is 6.74. The highest BCUT2D eigenvalue weighted by Gasteiger charge is 2.44. The molecule has 1 aliphatic heterocycles. The Morgan fingerprint density at radius 1 is 1.30 bits per heavy atom. The molecule has 0 bridgehead atoms. The van der Waals surface area contributed by atoms with E-state index in [2.05, 4.69) is 61.6 Å². The third-order valence-corrected chi connectivity index (χ3v) is 9.82. The fourth-order valence-corrected chi connectivity index (χ4v) is 4.18. The second-order valence-electron chi connectivity index (χ2n) is 8.76. The van der Waals surface area contributed by atoms with E-state index in [1.54, 1.807) is 0 Å². The molecule has 1 heterocycles. The predicted molar refractivity (Wildman–Crippen MR) is 89.7 cm³/mol. The normalized spacial score (nSPS) is 26.6. The molecule has 0 aromatic heterocycles.